The Balaban J connectivity index is 1.32. The van der Waals surface area contributed by atoms with Crippen molar-refractivity contribution >= 4 is 16.9 Å². The summed E-state index contributed by atoms with van der Waals surface area (Å²) in [5.41, 5.74) is 4.66. The number of H-pyrrole nitrogens is 1. The number of aromatic nitrogens is 4. The number of nitrogens with zero attached hydrogens (tertiary/aromatic N) is 5. The van der Waals surface area contributed by atoms with Crippen LogP contribution in [0.5, 0.6) is 0 Å². The van der Waals surface area contributed by atoms with Crippen molar-refractivity contribution in [2.75, 3.05) is 44.3 Å². The molecule has 3 aromatic heterocycles. The summed E-state index contributed by atoms with van der Waals surface area (Å²) in [6.45, 7) is 6.09. The van der Waals surface area contributed by atoms with E-state index in [0.29, 0.717) is 19.6 Å². The van der Waals surface area contributed by atoms with E-state index >= 15 is 0 Å². The third-order valence-electron chi connectivity index (χ3n) is 6.39. The van der Waals surface area contributed by atoms with Gasteiger partial charge >= 0.3 is 0 Å². The predicted octanol–water partition coefficient (Wildman–Crippen LogP) is 3.64. The first-order chi connectivity index (χ1) is 16.3. The maximum Gasteiger partial charge on any atom is 0.195 e. The predicted molar refractivity (Wildman–Crippen MR) is 126 cm³/mol. The van der Waals surface area contributed by atoms with Gasteiger partial charge in [-0.15, -0.1) is 0 Å². The van der Waals surface area contributed by atoms with E-state index in [1.54, 1.807) is 0 Å². The number of fused-ring (bicyclic) bond motifs is 1. The SMILES string of the molecule is c1ccc(-c2cc(Cc3nc(N4CCOCC4)c4oc(CN5CCCC5)cc4n3)[nH]n2)cc1. The molecule has 0 unspecified atom stereocenters. The normalized spacial score (nSPS) is 17.3. The molecule has 0 spiro atoms. The van der Waals surface area contributed by atoms with Gasteiger partial charge in [0, 0.05) is 36.8 Å². The molecule has 1 aromatic carbocycles. The second-order valence-electron chi connectivity index (χ2n) is 8.79. The number of likely N-dealkylation sites (tertiary alicyclic amines) is 1. The fraction of sp³-hybridized carbons (Fsp3) is 0.400. The summed E-state index contributed by atoms with van der Waals surface area (Å²) in [6, 6.07) is 14.3. The van der Waals surface area contributed by atoms with Gasteiger partial charge in [-0.25, -0.2) is 9.97 Å². The lowest BCUT2D eigenvalue weighted by Gasteiger charge is -2.27. The number of benzene rings is 1. The molecule has 1 N–H and O–H groups in total. The molecule has 0 atom stereocenters. The van der Waals surface area contributed by atoms with Crippen molar-refractivity contribution in [3.63, 3.8) is 0 Å². The maximum absolute atomic E-state index is 6.31. The average Bonchev–Trinajstić information content (AvgIpc) is 3.61. The van der Waals surface area contributed by atoms with Crippen molar-refractivity contribution in [2.24, 2.45) is 0 Å². The summed E-state index contributed by atoms with van der Waals surface area (Å²) in [6.07, 6.45) is 3.11. The number of hydrogen-bond acceptors (Lipinski definition) is 7. The Morgan fingerprint density at radius 1 is 0.939 bits per heavy atom. The highest BCUT2D eigenvalue weighted by Crippen LogP contribution is 2.29. The molecule has 6 rings (SSSR count). The minimum absolute atomic E-state index is 0.583. The van der Waals surface area contributed by atoms with E-state index in [1.165, 1.54) is 12.8 Å². The molecule has 0 saturated carbocycles. The van der Waals surface area contributed by atoms with Crippen LogP contribution in [0.15, 0.2) is 46.9 Å². The molecule has 2 aliphatic rings. The number of ether oxygens (including phenoxy) is 1. The van der Waals surface area contributed by atoms with Gasteiger partial charge in [-0.05, 0) is 32.0 Å². The summed E-state index contributed by atoms with van der Waals surface area (Å²) >= 11 is 0. The highest BCUT2D eigenvalue weighted by molar-refractivity contribution is 5.84. The first-order valence-corrected chi connectivity index (χ1v) is 11.8. The van der Waals surface area contributed by atoms with E-state index in [9.17, 15) is 0 Å². The van der Waals surface area contributed by atoms with Crippen molar-refractivity contribution in [3.8, 4) is 11.3 Å². The number of aromatic amines is 1. The van der Waals surface area contributed by atoms with Gasteiger partial charge in [0.2, 0.25) is 0 Å². The first-order valence-electron chi connectivity index (χ1n) is 11.8. The van der Waals surface area contributed by atoms with Crippen LogP contribution in [0.25, 0.3) is 22.4 Å². The van der Waals surface area contributed by atoms with Gasteiger partial charge < -0.3 is 14.1 Å². The third-order valence-corrected chi connectivity index (χ3v) is 6.39. The quantitative estimate of drug-likeness (QED) is 0.486. The summed E-state index contributed by atoms with van der Waals surface area (Å²) in [7, 11) is 0. The van der Waals surface area contributed by atoms with E-state index < -0.39 is 0 Å². The van der Waals surface area contributed by atoms with Crippen molar-refractivity contribution in [3.05, 3.63) is 59.7 Å². The molecule has 0 radical (unpaired) electrons. The van der Waals surface area contributed by atoms with E-state index in [4.69, 9.17) is 19.1 Å². The molecule has 8 nitrogen and oxygen atoms in total. The van der Waals surface area contributed by atoms with Crippen LogP contribution >= 0.6 is 0 Å². The van der Waals surface area contributed by atoms with Gasteiger partial charge in [-0.2, -0.15) is 5.10 Å². The minimum Gasteiger partial charge on any atom is -0.454 e. The first kappa shape index (κ1) is 20.4. The van der Waals surface area contributed by atoms with E-state index in [-0.39, 0.29) is 0 Å². The van der Waals surface area contributed by atoms with Crippen molar-refractivity contribution in [1.82, 2.24) is 25.1 Å². The van der Waals surface area contributed by atoms with Crippen LogP contribution in [0, 0.1) is 0 Å². The van der Waals surface area contributed by atoms with Crippen molar-refractivity contribution in [1.29, 1.82) is 0 Å². The smallest absolute Gasteiger partial charge is 0.195 e. The zero-order valence-corrected chi connectivity index (χ0v) is 18.7. The molecular weight excluding hydrogens is 416 g/mol. The fourth-order valence-corrected chi connectivity index (χ4v) is 4.70. The van der Waals surface area contributed by atoms with Crippen LogP contribution in [0.4, 0.5) is 5.82 Å². The number of anilines is 1. The lowest BCUT2D eigenvalue weighted by atomic mass is 10.1. The molecule has 4 aromatic rings. The highest BCUT2D eigenvalue weighted by atomic mass is 16.5. The van der Waals surface area contributed by atoms with Crippen molar-refractivity contribution < 1.29 is 9.15 Å². The molecule has 0 amide bonds. The van der Waals surface area contributed by atoms with E-state index in [1.807, 2.05) is 18.2 Å². The largest absolute Gasteiger partial charge is 0.454 e. The summed E-state index contributed by atoms with van der Waals surface area (Å²) in [4.78, 5) is 14.5. The fourth-order valence-electron chi connectivity index (χ4n) is 4.70. The van der Waals surface area contributed by atoms with Crippen molar-refractivity contribution in [2.45, 2.75) is 25.8 Å². The average molecular weight is 445 g/mol. The number of rotatable bonds is 6. The Kier molecular flexibility index (Phi) is 5.53. The third kappa shape index (κ3) is 4.36. The van der Waals surface area contributed by atoms with Crippen LogP contribution in [0.1, 0.15) is 30.1 Å². The Morgan fingerprint density at radius 2 is 1.76 bits per heavy atom. The molecule has 2 saturated heterocycles. The Bertz CT molecular complexity index is 1220. The molecule has 170 valence electrons. The Labute approximate surface area is 192 Å². The zero-order valence-electron chi connectivity index (χ0n) is 18.7. The standard InChI is InChI=1S/C25H28N6O2/c1-2-6-18(7-3-1)21-14-19(28-29-21)15-23-26-22-16-20(17-30-8-4-5-9-30)33-24(22)25(27-23)31-10-12-32-13-11-31/h1-3,6-7,14,16H,4-5,8-13,15,17H2,(H,28,29). The summed E-state index contributed by atoms with van der Waals surface area (Å²) < 4.78 is 11.9. The van der Waals surface area contributed by atoms with Crippen LogP contribution in [0.2, 0.25) is 0 Å². The number of furan rings is 1. The van der Waals surface area contributed by atoms with Gasteiger partial charge in [0.1, 0.15) is 17.1 Å². The van der Waals surface area contributed by atoms with Gasteiger partial charge in [0.25, 0.3) is 0 Å². The lowest BCUT2D eigenvalue weighted by molar-refractivity contribution is 0.122. The molecular formula is C25H28N6O2. The monoisotopic (exact) mass is 444 g/mol. The van der Waals surface area contributed by atoms with E-state index in [0.717, 1.165) is 78.2 Å². The number of morpholine rings is 1. The minimum atomic E-state index is 0.583. The van der Waals surface area contributed by atoms with E-state index in [2.05, 4.69) is 44.3 Å². The Hall–Kier alpha value is -3.23. The van der Waals surface area contributed by atoms with Gasteiger partial charge in [-0.3, -0.25) is 10.00 Å². The zero-order chi connectivity index (χ0) is 22.0. The molecule has 5 heterocycles. The number of nitrogens with one attached hydrogen (secondary N) is 1. The van der Waals surface area contributed by atoms with Crippen LogP contribution in [-0.4, -0.2) is 64.5 Å². The lowest BCUT2D eigenvalue weighted by Crippen LogP contribution is -2.37. The number of hydrogen-bond donors (Lipinski definition) is 1. The molecule has 2 aliphatic heterocycles. The topological polar surface area (TPSA) is 83.3 Å². The van der Waals surface area contributed by atoms with Crippen LogP contribution in [-0.2, 0) is 17.7 Å². The molecule has 0 aliphatic carbocycles. The Morgan fingerprint density at radius 3 is 2.58 bits per heavy atom. The molecule has 0 bridgehead atoms. The molecule has 2 fully saturated rings. The second kappa shape index (κ2) is 8.96. The van der Waals surface area contributed by atoms with Crippen LogP contribution < -0.4 is 4.90 Å². The molecule has 8 heteroatoms. The van der Waals surface area contributed by atoms with Crippen LogP contribution in [0.3, 0.4) is 0 Å². The van der Waals surface area contributed by atoms with Gasteiger partial charge in [0.15, 0.2) is 11.4 Å². The summed E-state index contributed by atoms with van der Waals surface area (Å²) in [5, 5.41) is 7.65. The maximum atomic E-state index is 6.31. The summed E-state index contributed by atoms with van der Waals surface area (Å²) in [5.74, 6) is 2.59. The van der Waals surface area contributed by atoms with Gasteiger partial charge in [0.05, 0.1) is 25.5 Å². The molecule has 33 heavy (non-hydrogen) atoms. The second-order valence-corrected chi connectivity index (χ2v) is 8.79. The highest BCUT2D eigenvalue weighted by Gasteiger charge is 2.22. The van der Waals surface area contributed by atoms with Gasteiger partial charge in [-0.1, -0.05) is 30.3 Å².